The highest BCUT2D eigenvalue weighted by atomic mass is 15.1. The van der Waals surface area contributed by atoms with Crippen LogP contribution in [0.25, 0.3) is 0 Å². The first-order chi connectivity index (χ1) is 10.2. The molecule has 0 saturated carbocycles. The van der Waals surface area contributed by atoms with Gasteiger partial charge in [0.15, 0.2) is 0 Å². The van der Waals surface area contributed by atoms with Crippen LogP contribution in [0.4, 0.5) is 0 Å². The molecule has 3 heteroatoms. The number of hydrogen-bond donors (Lipinski definition) is 2. The van der Waals surface area contributed by atoms with Crippen LogP contribution < -0.4 is 11.1 Å². The van der Waals surface area contributed by atoms with Gasteiger partial charge in [-0.2, -0.15) is 0 Å². The lowest BCUT2D eigenvalue weighted by atomic mass is 10.1. The lowest BCUT2D eigenvalue weighted by Gasteiger charge is -2.20. The number of rotatable bonds is 13. The quantitative estimate of drug-likeness (QED) is 0.505. The van der Waals surface area contributed by atoms with Crippen LogP contribution >= 0.6 is 0 Å². The van der Waals surface area contributed by atoms with Gasteiger partial charge in [0.2, 0.25) is 0 Å². The number of hydrogen-bond acceptors (Lipinski definition) is 3. The fourth-order valence-corrected chi connectivity index (χ4v) is 2.27. The normalized spacial score (nSPS) is 12.1. The molecular weight excluding hydrogens is 258 g/mol. The molecule has 0 amide bonds. The van der Waals surface area contributed by atoms with Gasteiger partial charge in [-0.1, -0.05) is 41.0 Å². The first-order valence-corrected chi connectivity index (χ1v) is 9.34. The zero-order valence-electron chi connectivity index (χ0n) is 15.6. The van der Waals surface area contributed by atoms with Gasteiger partial charge >= 0.3 is 0 Å². The molecule has 0 aromatic carbocycles. The predicted molar refractivity (Wildman–Crippen MR) is 98.0 cm³/mol. The highest BCUT2D eigenvalue weighted by Crippen LogP contribution is 1.96. The SMILES string of the molecule is CCCC(N)CC.CCCNCCCN(CCC)CCC. The van der Waals surface area contributed by atoms with E-state index in [1.807, 2.05) is 0 Å². The van der Waals surface area contributed by atoms with Gasteiger partial charge in [-0.05, 0) is 71.2 Å². The predicted octanol–water partition coefficient (Wildman–Crippen LogP) is 4.02. The van der Waals surface area contributed by atoms with Crippen molar-refractivity contribution in [2.75, 3.05) is 32.7 Å². The van der Waals surface area contributed by atoms with Gasteiger partial charge in [-0.3, -0.25) is 0 Å². The molecule has 0 bridgehead atoms. The second kappa shape index (κ2) is 19.9. The van der Waals surface area contributed by atoms with Gasteiger partial charge < -0.3 is 16.0 Å². The molecule has 0 aliphatic carbocycles. The molecule has 130 valence electrons. The van der Waals surface area contributed by atoms with Crippen molar-refractivity contribution in [3.63, 3.8) is 0 Å². The van der Waals surface area contributed by atoms with E-state index in [1.54, 1.807) is 0 Å². The van der Waals surface area contributed by atoms with Gasteiger partial charge in [-0.15, -0.1) is 0 Å². The molecule has 1 unspecified atom stereocenters. The minimum Gasteiger partial charge on any atom is -0.328 e. The van der Waals surface area contributed by atoms with E-state index in [1.165, 1.54) is 71.2 Å². The maximum Gasteiger partial charge on any atom is 0.00361 e. The largest absolute Gasteiger partial charge is 0.328 e. The van der Waals surface area contributed by atoms with Gasteiger partial charge in [-0.25, -0.2) is 0 Å². The summed E-state index contributed by atoms with van der Waals surface area (Å²) in [6.07, 6.45) is 8.61. The van der Waals surface area contributed by atoms with E-state index in [2.05, 4.69) is 44.8 Å². The summed E-state index contributed by atoms with van der Waals surface area (Å²) in [6.45, 7) is 17.2. The fourth-order valence-electron chi connectivity index (χ4n) is 2.27. The average Bonchev–Trinajstić information content (AvgIpc) is 2.48. The summed E-state index contributed by atoms with van der Waals surface area (Å²) < 4.78 is 0. The third kappa shape index (κ3) is 19.9. The number of nitrogens with zero attached hydrogens (tertiary/aromatic N) is 1. The molecule has 0 aromatic rings. The third-order valence-corrected chi connectivity index (χ3v) is 3.52. The summed E-state index contributed by atoms with van der Waals surface area (Å²) in [4.78, 5) is 2.58. The topological polar surface area (TPSA) is 41.3 Å². The monoisotopic (exact) mass is 301 g/mol. The van der Waals surface area contributed by atoms with Crippen LogP contribution in [0, 0.1) is 0 Å². The lowest BCUT2D eigenvalue weighted by molar-refractivity contribution is 0.270. The molecule has 0 heterocycles. The van der Waals surface area contributed by atoms with Gasteiger partial charge in [0.25, 0.3) is 0 Å². The number of nitrogens with one attached hydrogen (secondary N) is 1. The van der Waals surface area contributed by atoms with Crippen molar-refractivity contribution in [1.29, 1.82) is 0 Å². The molecule has 0 spiro atoms. The van der Waals surface area contributed by atoms with E-state index in [0.717, 1.165) is 6.42 Å². The summed E-state index contributed by atoms with van der Waals surface area (Å²) in [7, 11) is 0. The highest BCUT2D eigenvalue weighted by Gasteiger charge is 2.00. The van der Waals surface area contributed by atoms with E-state index in [9.17, 15) is 0 Å². The molecule has 0 aliphatic heterocycles. The Balaban J connectivity index is 0. The first-order valence-electron chi connectivity index (χ1n) is 9.34. The zero-order valence-corrected chi connectivity index (χ0v) is 15.6. The molecular formula is C18H43N3. The van der Waals surface area contributed by atoms with Crippen molar-refractivity contribution in [2.45, 2.75) is 85.6 Å². The van der Waals surface area contributed by atoms with E-state index in [0.29, 0.717) is 6.04 Å². The Labute approximate surface area is 135 Å². The Morgan fingerprint density at radius 3 is 1.81 bits per heavy atom. The number of nitrogens with two attached hydrogens (primary N) is 1. The summed E-state index contributed by atoms with van der Waals surface area (Å²) in [5, 5.41) is 3.45. The first kappa shape index (κ1) is 23.2. The van der Waals surface area contributed by atoms with Crippen LogP contribution in [-0.2, 0) is 0 Å². The highest BCUT2D eigenvalue weighted by molar-refractivity contribution is 4.57. The van der Waals surface area contributed by atoms with Crippen molar-refractivity contribution < 1.29 is 0 Å². The molecule has 0 aromatic heterocycles. The molecule has 3 N–H and O–H groups in total. The van der Waals surface area contributed by atoms with Crippen LogP contribution in [0.15, 0.2) is 0 Å². The summed E-state index contributed by atoms with van der Waals surface area (Å²) >= 11 is 0. The van der Waals surface area contributed by atoms with Gasteiger partial charge in [0.05, 0.1) is 0 Å². The van der Waals surface area contributed by atoms with Crippen molar-refractivity contribution in [3.8, 4) is 0 Å². The van der Waals surface area contributed by atoms with Crippen LogP contribution in [0.5, 0.6) is 0 Å². The maximum atomic E-state index is 5.58. The van der Waals surface area contributed by atoms with E-state index in [-0.39, 0.29) is 0 Å². The van der Waals surface area contributed by atoms with Crippen LogP contribution in [0.3, 0.4) is 0 Å². The minimum absolute atomic E-state index is 0.449. The van der Waals surface area contributed by atoms with Crippen molar-refractivity contribution in [3.05, 3.63) is 0 Å². The van der Waals surface area contributed by atoms with Crippen molar-refractivity contribution >= 4 is 0 Å². The molecule has 0 saturated heterocycles. The molecule has 0 rings (SSSR count). The van der Waals surface area contributed by atoms with Crippen LogP contribution in [0.1, 0.15) is 79.6 Å². The summed E-state index contributed by atoms with van der Waals surface area (Å²) in [5.41, 5.74) is 5.58. The Hall–Kier alpha value is -0.120. The minimum atomic E-state index is 0.449. The fraction of sp³-hybridized carbons (Fsp3) is 1.00. The Kier molecular flexibility index (Phi) is 21.9. The molecule has 21 heavy (non-hydrogen) atoms. The van der Waals surface area contributed by atoms with E-state index in [4.69, 9.17) is 5.73 Å². The van der Waals surface area contributed by atoms with E-state index >= 15 is 0 Å². The van der Waals surface area contributed by atoms with Crippen molar-refractivity contribution in [1.82, 2.24) is 10.2 Å². The molecule has 1 atom stereocenters. The Bertz CT molecular complexity index is 168. The van der Waals surface area contributed by atoms with Gasteiger partial charge in [0, 0.05) is 6.04 Å². The molecule has 3 nitrogen and oxygen atoms in total. The lowest BCUT2D eigenvalue weighted by Crippen LogP contribution is -2.29. The molecule has 0 fully saturated rings. The average molecular weight is 302 g/mol. The second-order valence-corrected chi connectivity index (χ2v) is 5.90. The molecule has 0 radical (unpaired) electrons. The summed E-state index contributed by atoms with van der Waals surface area (Å²) in [6, 6.07) is 0.449. The molecule has 0 aliphatic rings. The van der Waals surface area contributed by atoms with E-state index < -0.39 is 0 Å². The standard InChI is InChI=1S/C12H28N2.C6H15N/c1-4-8-13-9-7-12-14(10-5-2)11-6-3;1-3-5-6(7)4-2/h13H,4-12H2,1-3H3;6H,3-5,7H2,1-2H3. The van der Waals surface area contributed by atoms with Crippen LogP contribution in [0.2, 0.25) is 0 Å². The van der Waals surface area contributed by atoms with Crippen LogP contribution in [-0.4, -0.2) is 43.7 Å². The Morgan fingerprint density at radius 1 is 0.810 bits per heavy atom. The smallest absolute Gasteiger partial charge is 0.00361 e. The second-order valence-electron chi connectivity index (χ2n) is 5.90. The maximum absolute atomic E-state index is 5.58. The Morgan fingerprint density at radius 2 is 1.43 bits per heavy atom. The van der Waals surface area contributed by atoms with Gasteiger partial charge in [0.1, 0.15) is 0 Å². The van der Waals surface area contributed by atoms with Crippen molar-refractivity contribution in [2.24, 2.45) is 5.73 Å². The zero-order chi connectivity index (χ0) is 16.3. The third-order valence-electron chi connectivity index (χ3n) is 3.52. The summed E-state index contributed by atoms with van der Waals surface area (Å²) in [5.74, 6) is 0.